The molecule has 0 amide bonds. The number of nitrogens with zero attached hydrogens (tertiary/aromatic N) is 1. The lowest BCUT2D eigenvalue weighted by Gasteiger charge is -2.32. The van der Waals surface area contributed by atoms with E-state index < -0.39 is 11.9 Å². The second-order valence-corrected chi connectivity index (χ2v) is 7.71. The Bertz CT molecular complexity index is 679. The molecule has 1 N–H and O–H groups in total. The summed E-state index contributed by atoms with van der Waals surface area (Å²) in [6.45, 7) is 9.77. The SMILES string of the molecule is CCOC(=O)c1sc(NC(=S)N2CCC(C)CC2)c(C(=O)OCC)c1C. The van der Waals surface area contributed by atoms with Crippen molar-refractivity contribution in [3.63, 3.8) is 0 Å². The molecular weight excluding hydrogens is 372 g/mol. The minimum absolute atomic E-state index is 0.261. The van der Waals surface area contributed by atoms with E-state index in [9.17, 15) is 9.59 Å². The number of carbonyl (C=O) groups excluding carboxylic acids is 2. The summed E-state index contributed by atoms with van der Waals surface area (Å²) in [5.74, 6) is -0.204. The van der Waals surface area contributed by atoms with Gasteiger partial charge in [0.05, 0.1) is 18.8 Å². The topological polar surface area (TPSA) is 67.9 Å². The number of piperidine rings is 1. The highest BCUT2D eigenvalue weighted by molar-refractivity contribution is 7.80. The predicted octanol–water partition coefficient (Wildman–Crippen LogP) is 3.84. The maximum Gasteiger partial charge on any atom is 0.348 e. The first-order valence-electron chi connectivity index (χ1n) is 8.92. The molecule has 0 radical (unpaired) electrons. The zero-order valence-electron chi connectivity index (χ0n) is 15.7. The van der Waals surface area contributed by atoms with Crippen LogP contribution in [0.2, 0.25) is 0 Å². The molecule has 0 unspecified atom stereocenters. The number of esters is 2. The van der Waals surface area contributed by atoms with Crippen molar-refractivity contribution in [3.8, 4) is 0 Å². The molecule has 1 aliphatic rings. The van der Waals surface area contributed by atoms with E-state index in [2.05, 4.69) is 17.1 Å². The molecule has 1 fully saturated rings. The molecule has 0 spiro atoms. The molecule has 2 rings (SSSR count). The number of anilines is 1. The van der Waals surface area contributed by atoms with Crippen molar-refractivity contribution in [2.24, 2.45) is 5.92 Å². The van der Waals surface area contributed by atoms with Crippen molar-refractivity contribution in [2.75, 3.05) is 31.6 Å². The number of thiophene rings is 1. The van der Waals surface area contributed by atoms with Gasteiger partial charge in [0.15, 0.2) is 5.11 Å². The van der Waals surface area contributed by atoms with Crippen LogP contribution in [-0.2, 0) is 9.47 Å². The van der Waals surface area contributed by atoms with Gasteiger partial charge in [0.25, 0.3) is 0 Å². The predicted molar refractivity (Wildman–Crippen MR) is 107 cm³/mol. The van der Waals surface area contributed by atoms with Gasteiger partial charge in [-0.15, -0.1) is 11.3 Å². The molecule has 6 nitrogen and oxygen atoms in total. The number of carbonyl (C=O) groups is 2. The monoisotopic (exact) mass is 398 g/mol. The van der Waals surface area contributed by atoms with Gasteiger partial charge in [-0.2, -0.15) is 0 Å². The molecule has 0 atom stereocenters. The van der Waals surface area contributed by atoms with Crippen LogP contribution in [0.25, 0.3) is 0 Å². The Hall–Kier alpha value is -1.67. The van der Waals surface area contributed by atoms with Crippen LogP contribution in [0, 0.1) is 12.8 Å². The molecule has 1 saturated heterocycles. The van der Waals surface area contributed by atoms with Crippen LogP contribution in [0.1, 0.15) is 59.2 Å². The van der Waals surface area contributed by atoms with Gasteiger partial charge in [-0.3, -0.25) is 0 Å². The van der Waals surface area contributed by atoms with Crippen molar-refractivity contribution in [1.29, 1.82) is 0 Å². The van der Waals surface area contributed by atoms with E-state index in [4.69, 9.17) is 21.7 Å². The number of rotatable bonds is 5. The molecule has 144 valence electrons. The third-order valence-electron chi connectivity index (χ3n) is 4.38. The highest BCUT2D eigenvalue weighted by Crippen LogP contribution is 2.34. The van der Waals surface area contributed by atoms with E-state index >= 15 is 0 Å². The second kappa shape index (κ2) is 9.32. The zero-order valence-corrected chi connectivity index (χ0v) is 17.3. The fourth-order valence-electron chi connectivity index (χ4n) is 2.83. The number of likely N-dealkylation sites (tertiary alicyclic amines) is 1. The van der Waals surface area contributed by atoms with Crippen molar-refractivity contribution >= 4 is 45.6 Å². The molecule has 26 heavy (non-hydrogen) atoms. The number of thiocarbonyl (C=S) groups is 1. The number of hydrogen-bond donors (Lipinski definition) is 1. The van der Waals surface area contributed by atoms with Crippen LogP contribution in [0.3, 0.4) is 0 Å². The Kier molecular flexibility index (Phi) is 7.40. The summed E-state index contributed by atoms with van der Waals surface area (Å²) in [7, 11) is 0. The van der Waals surface area contributed by atoms with Crippen molar-refractivity contribution in [1.82, 2.24) is 4.90 Å². The standard InChI is InChI=1S/C18H26N2O4S2/c1-5-23-16(21)13-12(4)14(17(22)24-6-2)26-15(13)19-18(25)20-9-7-11(3)8-10-20/h11H,5-10H2,1-4H3,(H,19,25). The van der Waals surface area contributed by atoms with Crippen LogP contribution in [0.15, 0.2) is 0 Å². The van der Waals surface area contributed by atoms with E-state index in [1.54, 1.807) is 20.8 Å². The summed E-state index contributed by atoms with van der Waals surface area (Å²) < 4.78 is 10.3. The van der Waals surface area contributed by atoms with E-state index in [0.717, 1.165) is 25.9 Å². The largest absolute Gasteiger partial charge is 0.462 e. The Morgan fingerprint density at radius 1 is 1.19 bits per heavy atom. The van der Waals surface area contributed by atoms with E-state index in [-0.39, 0.29) is 13.2 Å². The molecule has 1 aromatic heterocycles. The average molecular weight is 399 g/mol. The smallest absolute Gasteiger partial charge is 0.348 e. The number of hydrogen-bond acceptors (Lipinski definition) is 6. The van der Waals surface area contributed by atoms with Gasteiger partial charge in [-0.05, 0) is 57.3 Å². The van der Waals surface area contributed by atoms with Crippen LogP contribution < -0.4 is 5.32 Å². The molecule has 1 aliphatic heterocycles. The summed E-state index contributed by atoms with van der Waals surface area (Å²) in [4.78, 5) is 27.1. The quantitative estimate of drug-likeness (QED) is 0.597. The van der Waals surface area contributed by atoms with Crippen LogP contribution in [0.5, 0.6) is 0 Å². The summed E-state index contributed by atoms with van der Waals surface area (Å²) in [5, 5.41) is 4.26. The van der Waals surface area contributed by atoms with Crippen LogP contribution in [0.4, 0.5) is 5.00 Å². The van der Waals surface area contributed by atoms with Crippen molar-refractivity contribution in [2.45, 2.75) is 40.5 Å². The van der Waals surface area contributed by atoms with E-state index in [1.807, 2.05) is 0 Å². The lowest BCUT2D eigenvalue weighted by atomic mass is 10.00. The van der Waals surface area contributed by atoms with Gasteiger partial charge in [0.1, 0.15) is 9.88 Å². The maximum atomic E-state index is 12.4. The summed E-state index contributed by atoms with van der Waals surface area (Å²) in [6, 6.07) is 0. The molecule has 0 aliphatic carbocycles. The lowest BCUT2D eigenvalue weighted by molar-refractivity contribution is 0.0527. The Labute approximate surface area is 163 Å². The molecule has 8 heteroatoms. The second-order valence-electron chi connectivity index (χ2n) is 6.30. The Morgan fingerprint density at radius 3 is 2.35 bits per heavy atom. The van der Waals surface area contributed by atoms with Gasteiger partial charge in [0, 0.05) is 13.1 Å². The third kappa shape index (κ3) is 4.73. The van der Waals surface area contributed by atoms with Gasteiger partial charge in [0.2, 0.25) is 0 Å². The fourth-order valence-corrected chi connectivity index (χ4v) is 4.27. The minimum atomic E-state index is -0.464. The summed E-state index contributed by atoms with van der Waals surface area (Å²) in [6.07, 6.45) is 2.17. The Morgan fingerprint density at radius 2 is 1.77 bits per heavy atom. The van der Waals surface area contributed by atoms with Gasteiger partial charge in [-0.1, -0.05) is 6.92 Å². The third-order valence-corrected chi connectivity index (χ3v) is 5.93. The molecule has 0 bridgehead atoms. The molecule has 2 heterocycles. The minimum Gasteiger partial charge on any atom is -0.462 e. The molecule has 1 aromatic rings. The lowest BCUT2D eigenvalue weighted by Crippen LogP contribution is -2.40. The summed E-state index contributed by atoms with van der Waals surface area (Å²) in [5.41, 5.74) is 0.914. The molecule has 0 saturated carbocycles. The highest BCUT2D eigenvalue weighted by atomic mass is 32.1. The highest BCUT2D eigenvalue weighted by Gasteiger charge is 2.28. The van der Waals surface area contributed by atoms with E-state index in [0.29, 0.717) is 32.0 Å². The Balaban J connectivity index is 2.27. The first kappa shape index (κ1) is 20.6. The molecular formula is C18H26N2O4S2. The first-order chi connectivity index (χ1) is 12.4. The van der Waals surface area contributed by atoms with Gasteiger partial charge >= 0.3 is 11.9 Å². The first-order valence-corrected chi connectivity index (χ1v) is 10.1. The average Bonchev–Trinajstić information content (AvgIpc) is 2.92. The van der Waals surface area contributed by atoms with E-state index in [1.165, 1.54) is 11.3 Å². The van der Waals surface area contributed by atoms with Gasteiger partial charge < -0.3 is 19.7 Å². The normalized spacial score (nSPS) is 14.8. The summed E-state index contributed by atoms with van der Waals surface area (Å²) >= 11 is 6.71. The van der Waals surface area contributed by atoms with Gasteiger partial charge in [-0.25, -0.2) is 9.59 Å². The molecule has 0 aromatic carbocycles. The number of ether oxygens (including phenoxy) is 2. The van der Waals surface area contributed by atoms with Crippen LogP contribution in [-0.4, -0.2) is 48.3 Å². The maximum absolute atomic E-state index is 12.4. The van der Waals surface area contributed by atoms with Crippen molar-refractivity contribution in [3.05, 3.63) is 16.0 Å². The van der Waals surface area contributed by atoms with Crippen LogP contribution >= 0.6 is 23.6 Å². The van der Waals surface area contributed by atoms with Crippen molar-refractivity contribution < 1.29 is 19.1 Å². The number of nitrogens with one attached hydrogen (secondary N) is 1. The zero-order chi connectivity index (χ0) is 19.3. The fraction of sp³-hybridized carbons (Fsp3) is 0.611.